The third kappa shape index (κ3) is 4.43. The Morgan fingerprint density at radius 2 is 2.00 bits per heavy atom. The third-order valence-electron chi connectivity index (χ3n) is 2.75. The Balaban J connectivity index is 2.00. The van der Waals surface area contributed by atoms with Crippen LogP contribution in [0.25, 0.3) is 0 Å². The van der Waals surface area contributed by atoms with E-state index in [0.717, 1.165) is 5.56 Å². The fourth-order valence-corrected chi connectivity index (χ4v) is 2.28. The minimum atomic E-state index is -0.520. The predicted molar refractivity (Wildman–Crippen MR) is 88.1 cm³/mol. The first-order valence-corrected chi connectivity index (χ1v) is 7.41. The molecule has 22 heavy (non-hydrogen) atoms. The molecule has 0 aliphatic carbocycles. The van der Waals surface area contributed by atoms with E-state index in [4.69, 9.17) is 11.0 Å². The zero-order valence-corrected chi connectivity index (χ0v) is 12.4. The van der Waals surface area contributed by atoms with E-state index in [2.05, 4.69) is 10.2 Å². The van der Waals surface area contributed by atoms with Gasteiger partial charge in [0.1, 0.15) is 5.82 Å². The number of hydrogen-bond acceptors (Lipinski definition) is 4. The molecular weight excluding hydrogens is 299 g/mol. The van der Waals surface area contributed by atoms with Crippen LogP contribution in [0.1, 0.15) is 16.7 Å². The highest BCUT2D eigenvalue weighted by Crippen LogP contribution is 2.12. The number of hydrogen-bond donors (Lipinski definition) is 1. The molecule has 0 saturated carbocycles. The number of halogens is 1. The third-order valence-corrected chi connectivity index (χ3v) is 3.60. The molecule has 110 valence electrons. The van der Waals surface area contributed by atoms with E-state index >= 15 is 0 Å². The summed E-state index contributed by atoms with van der Waals surface area (Å²) in [6, 6.07) is 16.0. The van der Waals surface area contributed by atoms with E-state index in [0.29, 0.717) is 5.75 Å². The highest BCUT2D eigenvalue weighted by Gasteiger charge is 2.05. The van der Waals surface area contributed by atoms with Crippen molar-refractivity contribution in [1.82, 2.24) is 0 Å². The fraction of sp³-hybridized carbons (Fsp3) is 0.0625. The molecule has 0 amide bonds. The molecule has 2 N–H and O–H groups in total. The lowest BCUT2D eigenvalue weighted by molar-refractivity contribution is 0.625. The molecule has 0 saturated heterocycles. The highest BCUT2D eigenvalue weighted by molar-refractivity contribution is 8.13. The van der Waals surface area contributed by atoms with Gasteiger partial charge in [0, 0.05) is 11.3 Å². The first kappa shape index (κ1) is 15.7. The first-order chi connectivity index (χ1) is 10.7. The molecule has 0 aromatic heterocycles. The van der Waals surface area contributed by atoms with Crippen molar-refractivity contribution in [3.8, 4) is 6.07 Å². The number of rotatable bonds is 4. The van der Waals surface area contributed by atoms with Crippen molar-refractivity contribution < 1.29 is 4.39 Å². The van der Waals surface area contributed by atoms with Gasteiger partial charge in [0.05, 0.1) is 17.8 Å². The van der Waals surface area contributed by atoms with Crippen molar-refractivity contribution in [3.05, 3.63) is 71.0 Å². The highest BCUT2D eigenvalue weighted by atomic mass is 32.2. The molecular formula is C16H13FN4S. The van der Waals surface area contributed by atoms with Gasteiger partial charge in [-0.3, -0.25) is 0 Å². The van der Waals surface area contributed by atoms with Gasteiger partial charge >= 0.3 is 0 Å². The van der Waals surface area contributed by atoms with E-state index in [1.54, 1.807) is 0 Å². The van der Waals surface area contributed by atoms with E-state index in [9.17, 15) is 4.39 Å². The van der Waals surface area contributed by atoms with Crippen LogP contribution < -0.4 is 5.73 Å². The van der Waals surface area contributed by atoms with Crippen molar-refractivity contribution >= 4 is 23.1 Å². The van der Waals surface area contributed by atoms with Crippen LogP contribution in [0.3, 0.4) is 0 Å². The Labute approximate surface area is 132 Å². The molecule has 0 radical (unpaired) electrons. The minimum Gasteiger partial charge on any atom is -0.377 e. The lowest BCUT2D eigenvalue weighted by Gasteiger charge is -2.00. The van der Waals surface area contributed by atoms with Gasteiger partial charge in [0.25, 0.3) is 0 Å². The lowest BCUT2D eigenvalue weighted by Crippen LogP contribution is -2.06. The molecule has 4 nitrogen and oxygen atoms in total. The summed E-state index contributed by atoms with van der Waals surface area (Å²) in [7, 11) is 0. The van der Waals surface area contributed by atoms with Gasteiger partial charge in [-0.1, -0.05) is 48.2 Å². The van der Waals surface area contributed by atoms with E-state index in [1.165, 1.54) is 36.2 Å². The minimum absolute atomic E-state index is 0.106. The molecule has 0 aliphatic heterocycles. The van der Waals surface area contributed by atoms with Gasteiger partial charge in [-0.25, -0.2) is 4.39 Å². The molecule has 0 bridgehead atoms. The summed E-state index contributed by atoms with van der Waals surface area (Å²) in [6.07, 6.45) is 1.20. The summed E-state index contributed by atoms with van der Waals surface area (Å²) >= 11 is 1.33. The monoisotopic (exact) mass is 312 g/mol. The molecule has 0 aliphatic rings. The normalized spacial score (nSPS) is 11.5. The average molecular weight is 312 g/mol. The number of thioether (sulfide) groups is 1. The van der Waals surface area contributed by atoms with E-state index < -0.39 is 5.82 Å². The SMILES string of the molecule is N#Cc1cccc(F)c1C=NN=C(N)SCc1ccccc1. The van der Waals surface area contributed by atoms with Crippen LogP contribution in [0.15, 0.2) is 58.7 Å². The first-order valence-electron chi connectivity index (χ1n) is 6.42. The van der Waals surface area contributed by atoms with Crippen LogP contribution in [0, 0.1) is 17.1 Å². The maximum absolute atomic E-state index is 13.6. The van der Waals surface area contributed by atoms with Crippen LogP contribution in [0.2, 0.25) is 0 Å². The van der Waals surface area contributed by atoms with Gasteiger partial charge in [-0.2, -0.15) is 10.4 Å². The molecule has 0 atom stereocenters. The fourth-order valence-electron chi connectivity index (χ4n) is 1.67. The van der Waals surface area contributed by atoms with Crippen LogP contribution in [-0.4, -0.2) is 11.4 Å². The summed E-state index contributed by atoms with van der Waals surface area (Å²) in [5.41, 5.74) is 7.16. The molecule has 0 fully saturated rings. The maximum atomic E-state index is 13.6. The molecule has 0 heterocycles. The number of benzene rings is 2. The number of amidine groups is 1. The van der Waals surface area contributed by atoms with Crippen molar-refractivity contribution in [2.75, 3.05) is 0 Å². The Morgan fingerprint density at radius 1 is 1.23 bits per heavy atom. The van der Waals surface area contributed by atoms with Gasteiger partial charge in [-0.05, 0) is 17.7 Å². The summed E-state index contributed by atoms with van der Waals surface area (Å²) in [6.45, 7) is 0. The van der Waals surface area contributed by atoms with Gasteiger partial charge < -0.3 is 5.73 Å². The standard InChI is InChI=1S/C16H13FN4S/c17-15-8-4-7-13(9-18)14(15)10-20-21-16(19)22-11-12-5-2-1-3-6-12/h1-8,10H,11H2,(H2,19,21). The Kier molecular flexibility index (Phi) is 5.69. The predicted octanol–water partition coefficient (Wildman–Crippen LogP) is 3.28. The van der Waals surface area contributed by atoms with Gasteiger partial charge in [-0.15, -0.1) is 5.10 Å². The van der Waals surface area contributed by atoms with Crippen molar-refractivity contribution in [2.24, 2.45) is 15.9 Å². The number of nitrogens with two attached hydrogens (primary N) is 1. The Morgan fingerprint density at radius 3 is 2.73 bits per heavy atom. The van der Waals surface area contributed by atoms with Crippen molar-refractivity contribution in [3.63, 3.8) is 0 Å². The summed E-state index contributed by atoms with van der Waals surface area (Å²) in [5, 5.41) is 16.7. The molecule has 0 spiro atoms. The molecule has 6 heteroatoms. The second-order valence-corrected chi connectivity index (χ2v) is 5.27. The van der Waals surface area contributed by atoms with E-state index in [-0.39, 0.29) is 16.3 Å². The Bertz CT molecular complexity index is 736. The van der Waals surface area contributed by atoms with Crippen LogP contribution in [0.5, 0.6) is 0 Å². The smallest absolute Gasteiger partial charge is 0.180 e. The maximum Gasteiger partial charge on any atom is 0.180 e. The van der Waals surface area contributed by atoms with E-state index in [1.807, 2.05) is 36.4 Å². The van der Waals surface area contributed by atoms with Crippen LogP contribution >= 0.6 is 11.8 Å². The molecule has 0 unspecified atom stereocenters. The van der Waals surface area contributed by atoms with Gasteiger partial charge in [0.15, 0.2) is 5.17 Å². The zero-order valence-electron chi connectivity index (χ0n) is 11.6. The van der Waals surface area contributed by atoms with Crippen molar-refractivity contribution in [2.45, 2.75) is 5.75 Å². The topological polar surface area (TPSA) is 74.5 Å². The summed E-state index contributed by atoms with van der Waals surface area (Å²) < 4.78 is 13.6. The molecule has 2 aromatic carbocycles. The Hall–Kier alpha value is -2.65. The van der Waals surface area contributed by atoms with Gasteiger partial charge in [0.2, 0.25) is 0 Å². The average Bonchev–Trinajstić information content (AvgIpc) is 2.55. The number of nitrogens with zero attached hydrogens (tertiary/aromatic N) is 3. The zero-order chi connectivity index (χ0) is 15.8. The second kappa shape index (κ2) is 7.96. The quantitative estimate of drug-likeness (QED) is 0.535. The molecule has 2 aromatic rings. The summed E-state index contributed by atoms with van der Waals surface area (Å²) in [4.78, 5) is 0. The van der Waals surface area contributed by atoms with Crippen LogP contribution in [0.4, 0.5) is 4.39 Å². The lowest BCUT2D eigenvalue weighted by atomic mass is 10.1. The number of nitriles is 1. The molecule has 2 rings (SSSR count). The largest absolute Gasteiger partial charge is 0.377 e. The second-order valence-electron chi connectivity index (χ2n) is 4.27. The van der Waals surface area contributed by atoms with Crippen molar-refractivity contribution in [1.29, 1.82) is 5.26 Å². The van der Waals surface area contributed by atoms with Crippen LogP contribution in [-0.2, 0) is 5.75 Å². The summed E-state index contributed by atoms with van der Waals surface area (Å²) in [5.74, 6) is 0.156.